The van der Waals surface area contributed by atoms with Gasteiger partial charge in [0.15, 0.2) is 0 Å². The lowest BCUT2D eigenvalue weighted by atomic mass is 9.97. The largest absolute Gasteiger partial charge is 0.416 e. The minimum atomic E-state index is -4.44. The summed E-state index contributed by atoms with van der Waals surface area (Å²) in [6.07, 6.45) is -2.36. The van der Waals surface area contributed by atoms with E-state index in [4.69, 9.17) is 0 Å². The van der Waals surface area contributed by atoms with E-state index >= 15 is 0 Å². The molecule has 0 radical (unpaired) electrons. The highest BCUT2D eigenvalue weighted by Crippen LogP contribution is 2.31. The maximum atomic E-state index is 12.9. The number of hydrogen-bond acceptors (Lipinski definition) is 3. The van der Waals surface area contributed by atoms with Crippen molar-refractivity contribution in [2.75, 3.05) is 28.6 Å². The Kier molecular flexibility index (Phi) is 7.50. The number of nitrogens with zero attached hydrogens (tertiary/aromatic N) is 1. The number of nitrogens with one attached hydrogen (secondary N) is 3. The molecule has 0 saturated carbocycles. The molecule has 178 valence electrons. The maximum absolute atomic E-state index is 12.9. The number of amides is 3. The van der Waals surface area contributed by atoms with E-state index in [2.05, 4.69) is 27.8 Å². The van der Waals surface area contributed by atoms with E-state index in [0.29, 0.717) is 17.2 Å². The van der Waals surface area contributed by atoms with Gasteiger partial charge in [-0.15, -0.1) is 0 Å². The summed E-state index contributed by atoms with van der Waals surface area (Å²) in [6.45, 7) is 7.67. The molecule has 3 rings (SSSR count). The molecule has 0 atom stereocenters. The smallest absolute Gasteiger partial charge is 0.371 e. The molecule has 9 heteroatoms. The van der Waals surface area contributed by atoms with Gasteiger partial charge in [0, 0.05) is 36.2 Å². The molecular formula is C24H29F3N4O2. The number of alkyl halides is 3. The summed E-state index contributed by atoms with van der Waals surface area (Å²) in [5, 5.41) is 8.05. The molecule has 1 heterocycles. The zero-order valence-corrected chi connectivity index (χ0v) is 18.9. The molecule has 33 heavy (non-hydrogen) atoms. The molecule has 0 aliphatic carbocycles. The second kappa shape index (κ2) is 10.1. The number of piperidine rings is 1. The van der Waals surface area contributed by atoms with Crippen LogP contribution in [0.2, 0.25) is 0 Å². The number of carbonyl (C=O) groups excluding carboxylic acids is 2. The van der Waals surface area contributed by atoms with Gasteiger partial charge in [-0.2, -0.15) is 13.2 Å². The summed E-state index contributed by atoms with van der Waals surface area (Å²) in [5.41, 5.74) is 1.11. The topological polar surface area (TPSA) is 73.5 Å². The van der Waals surface area contributed by atoms with Crippen molar-refractivity contribution in [3.8, 4) is 0 Å². The number of urea groups is 1. The molecule has 3 amide bonds. The summed E-state index contributed by atoms with van der Waals surface area (Å²) >= 11 is 0. The van der Waals surface area contributed by atoms with E-state index in [1.54, 1.807) is 12.1 Å². The van der Waals surface area contributed by atoms with Crippen LogP contribution in [0.3, 0.4) is 0 Å². The molecule has 1 aliphatic heterocycles. The van der Waals surface area contributed by atoms with Crippen LogP contribution in [-0.2, 0) is 6.18 Å². The first-order chi connectivity index (χ1) is 15.5. The molecule has 1 aliphatic rings. The first kappa shape index (κ1) is 24.4. The molecule has 0 spiro atoms. The molecule has 2 aromatic carbocycles. The van der Waals surface area contributed by atoms with Gasteiger partial charge in [0.25, 0.3) is 5.91 Å². The van der Waals surface area contributed by atoms with Crippen LogP contribution >= 0.6 is 0 Å². The number of benzene rings is 2. The van der Waals surface area contributed by atoms with E-state index in [9.17, 15) is 22.8 Å². The predicted molar refractivity (Wildman–Crippen MR) is 124 cm³/mol. The Bertz CT molecular complexity index is 982. The lowest BCUT2D eigenvalue weighted by Gasteiger charge is -2.33. The van der Waals surface area contributed by atoms with Gasteiger partial charge >= 0.3 is 12.2 Å². The molecule has 6 nitrogen and oxygen atoms in total. The van der Waals surface area contributed by atoms with Crippen LogP contribution < -0.4 is 20.9 Å². The second-order valence-corrected chi connectivity index (χ2v) is 8.68. The van der Waals surface area contributed by atoms with Crippen molar-refractivity contribution in [3.63, 3.8) is 0 Å². The van der Waals surface area contributed by atoms with Crippen LogP contribution in [0, 0.1) is 5.92 Å². The second-order valence-electron chi connectivity index (χ2n) is 8.68. The number of rotatable bonds is 5. The molecule has 2 aromatic rings. The fourth-order valence-electron chi connectivity index (χ4n) is 3.70. The maximum Gasteiger partial charge on any atom is 0.416 e. The Morgan fingerprint density at radius 3 is 2.12 bits per heavy atom. The minimum absolute atomic E-state index is 0.0497. The normalized spacial score (nSPS) is 14.8. The Morgan fingerprint density at radius 2 is 1.55 bits per heavy atom. The average Bonchev–Trinajstić information content (AvgIpc) is 2.73. The fraction of sp³-hybridized carbons (Fsp3) is 0.417. The van der Waals surface area contributed by atoms with E-state index in [1.807, 2.05) is 19.9 Å². The summed E-state index contributed by atoms with van der Waals surface area (Å²) in [6, 6.07) is 8.66. The Hall–Kier alpha value is -3.23. The highest BCUT2D eigenvalue weighted by molar-refractivity contribution is 6.04. The third-order valence-electron chi connectivity index (χ3n) is 5.51. The third-order valence-corrected chi connectivity index (χ3v) is 5.51. The van der Waals surface area contributed by atoms with Crippen LogP contribution in [0.25, 0.3) is 0 Å². The molecule has 1 fully saturated rings. The zero-order chi connectivity index (χ0) is 24.2. The summed E-state index contributed by atoms with van der Waals surface area (Å²) in [5.74, 6) is 0.412. The van der Waals surface area contributed by atoms with Crippen molar-refractivity contribution in [2.45, 2.75) is 45.8 Å². The lowest BCUT2D eigenvalue weighted by molar-refractivity contribution is -0.137. The minimum Gasteiger partial charge on any atom is -0.371 e. The number of halogens is 3. The van der Waals surface area contributed by atoms with E-state index < -0.39 is 17.8 Å². The summed E-state index contributed by atoms with van der Waals surface area (Å²) < 4.78 is 38.1. The van der Waals surface area contributed by atoms with E-state index in [0.717, 1.165) is 43.8 Å². The first-order valence-electron chi connectivity index (χ1n) is 11.0. The molecule has 1 saturated heterocycles. The van der Waals surface area contributed by atoms with Crippen molar-refractivity contribution in [1.82, 2.24) is 5.32 Å². The van der Waals surface area contributed by atoms with Gasteiger partial charge in [-0.25, -0.2) is 4.79 Å². The van der Waals surface area contributed by atoms with Gasteiger partial charge in [-0.3, -0.25) is 4.79 Å². The molecular weight excluding hydrogens is 433 g/mol. The van der Waals surface area contributed by atoms with Crippen molar-refractivity contribution in [3.05, 3.63) is 53.6 Å². The van der Waals surface area contributed by atoms with Gasteiger partial charge in [0.05, 0.1) is 11.1 Å². The van der Waals surface area contributed by atoms with Crippen LogP contribution in [-0.4, -0.2) is 31.1 Å². The lowest BCUT2D eigenvalue weighted by Crippen LogP contribution is -2.36. The summed E-state index contributed by atoms with van der Waals surface area (Å²) in [4.78, 5) is 27.4. The van der Waals surface area contributed by atoms with E-state index in [-0.39, 0.29) is 17.6 Å². The zero-order valence-electron chi connectivity index (χ0n) is 18.9. The van der Waals surface area contributed by atoms with Gasteiger partial charge < -0.3 is 20.9 Å². The number of anilines is 3. The first-order valence-corrected chi connectivity index (χ1v) is 11.0. The monoisotopic (exact) mass is 462 g/mol. The van der Waals surface area contributed by atoms with Crippen LogP contribution in [0.1, 0.15) is 49.5 Å². The Balaban J connectivity index is 1.75. The summed E-state index contributed by atoms with van der Waals surface area (Å²) in [7, 11) is 0. The highest BCUT2D eigenvalue weighted by Gasteiger charge is 2.30. The standard InChI is InChI=1S/C24H29F3N4O2/c1-15(2)28-22(32)20-14-19(8-9-21(20)31-12-10-16(3)11-13-31)30-23(33)29-18-6-4-17(5-7-18)24(25,26)27/h4-9,14-16H,10-13H2,1-3H3,(H,28,32)(H2,29,30,33). The van der Waals surface area contributed by atoms with Crippen molar-refractivity contribution >= 4 is 29.0 Å². The Labute approximate surface area is 191 Å². The van der Waals surface area contributed by atoms with Gasteiger partial charge in [-0.05, 0) is 75.1 Å². The van der Waals surface area contributed by atoms with Crippen LogP contribution in [0.5, 0.6) is 0 Å². The fourth-order valence-corrected chi connectivity index (χ4v) is 3.70. The van der Waals surface area contributed by atoms with Crippen LogP contribution in [0.4, 0.5) is 35.0 Å². The Morgan fingerprint density at radius 1 is 0.970 bits per heavy atom. The predicted octanol–water partition coefficient (Wildman–Crippen LogP) is 5.72. The van der Waals surface area contributed by atoms with Crippen molar-refractivity contribution in [1.29, 1.82) is 0 Å². The van der Waals surface area contributed by atoms with Gasteiger partial charge in [0.1, 0.15) is 0 Å². The SMILES string of the molecule is CC1CCN(c2ccc(NC(=O)Nc3ccc(C(F)(F)F)cc3)cc2C(=O)NC(C)C)CC1. The van der Waals surface area contributed by atoms with Gasteiger partial charge in [0.2, 0.25) is 0 Å². The third kappa shape index (κ3) is 6.63. The quantitative estimate of drug-likeness (QED) is 0.532. The molecule has 0 bridgehead atoms. The molecule has 0 aromatic heterocycles. The molecule has 0 unspecified atom stereocenters. The molecule has 3 N–H and O–H groups in total. The van der Waals surface area contributed by atoms with Gasteiger partial charge in [-0.1, -0.05) is 6.92 Å². The van der Waals surface area contributed by atoms with E-state index in [1.165, 1.54) is 12.1 Å². The van der Waals surface area contributed by atoms with Crippen molar-refractivity contribution < 1.29 is 22.8 Å². The average molecular weight is 463 g/mol. The van der Waals surface area contributed by atoms with Crippen molar-refractivity contribution in [2.24, 2.45) is 5.92 Å². The number of hydrogen-bond donors (Lipinski definition) is 3. The highest BCUT2D eigenvalue weighted by atomic mass is 19.4. The number of carbonyl (C=O) groups is 2. The van der Waals surface area contributed by atoms with Crippen LogP contribution in [0.15, 0.2) is 42.5 Å².